The molecule has 1 atom stereocenters. The summed E-state index contributed by atoms with van der Waals surface area (Å²) in [6, 6.07) is 4.19. The monoisotopic (exact) mass is 291 g/mol. The smallest absolute Gasteiger partial charge is 0.252 e. The summed E-state index contributed by atoms with van der Waals surface area (Å²) >= 11 is 11.4. The third-order valence-electron chi connectivity index (χ3n) is 2.84. The van der Waals surface area contributed by atoms with Crippen LogP contribution in [-0.2, 0) is 0 Å². The Morgan fingerprint density at radius 1 is 1.50 bits per heavy atom. The number of amides is 1. The lowest BCUT2D eigenvalue weighted by molar-refractivity contribution is 0.0946. The van der Waals surface area contributed by atoms with E-state index in [1.165, 1.54) is 18.2 Å². The van der Waals surface area contributed by atoms with Crippen molar-refractivity contribution in [3.8, 4) is 0 Å². The van der Waals surface area contributed by atoms with Crippen LogP contribution >= 0.6 is 23.2 Å². The molecule has 0 spiro atoms. The zero-order valence-corrected chi connectivity index (χ0v) is 11.7. The third-order valence-corrected chi connectivity index (χ3v) is 3.44. The van der Waals surface area contributed by atoms with Crippen molar-refractivity contribution in [2.24, 2.45) is 5.92 Å². The predicted molar refractivity (Wildman–Crippen MR) is 72.9 cm³/mol. The van der Waals surface area contributed by atoms with Gasteiger partial charge in [0.15, 0.2) is 0 Å². The molecule has 18 heavy (non-hydrogen) atoms. The normalized spacial score (nSPS) is 12.2. The molecule has 0 aliphatic carbocycles. The second-order valence-corrected chi connectivity index (χ2v) is 4.82. The summed E-state index contributed by atoms with van der Waals surface area (Å²) in [5.74, 6) is -0.0434. The maximum absolute atomic E-state index is 13.2. The standard InChI is InChI=1S/C13H16Cl2FNO/c1-2-9(6-7-14)8-17-13(18)10-4-3-5-11(16)12(10)15/h3-5,9H,2,6-8H2,1H3,(H,17,18). The van der Waals surface area contributed by atoms with E-state index in [2.05, 4.69) is 5.32 Å². The maximum atomic E-state index is 13.2. The summed E-state index contributed by atoms with van der Waals surface area (Å²) in [6.07, 6.45) is 1.78. The molecule has 0 radical (unpaired) electrons. The highest BCUT2D eigenvalue weighted by molar-refractivity contribution is 6.34. The van der Waals surface area contributed by atoms with Crippen molar-refractivity contribution >= 4 is 29.1 Å². The van der Waals surface area contributed by atoms with Gasteiger partial charge in [-0.3, -0.25) is 4.79 Å². The Morgan fingerprint density at radius 3 is 2.83 bits per heavy atom. The van der Waals surface area contributed by atoms with Gasteiger partial charge in [0.25, 0.3) is 5.91 Å². The molecular weight excluding hydrogens is 276 g/mol. The van der Waals surface area contributed by atoms with Gasteiger partial charge in [0.2, 0.25) is 0 Å². The van der Waals surface area contributed by atoms with Gasteiger partial charge < -0.3 is 5.32 Å². The highest BCUT2D eigenvalue weighted by Crippen LogP contribution is 2.19. The lowest BCUT2D eigenvalue weighted by atomic mass is 10.0. The number of alkyl halides is 1. The molecule has 0 heterocycles. The second-order valence-electron chi connectivity index (χ2n) is 4.06. The van der Waals surface area contributed by atoms with Gasteiger partial charge in [0.05, 0.1) is 10.6 Å². The molecule has 1 aromatic rings. The highest BCUT2D eigenvalue weighted by Gasteiger charge is 2.14. The molecule has 0 bridgehead atoms. The van der Waals surface area contributed by atoms with Crippen molar-refractivity contribution in [3.63, 3.8) is 0 Å². The summed E-state index contributed by atoms with van der Waals surface area (Å²) in [5, 5.41) is 2.62. The van der Waals surface area contributed by atoms with Crippen LogP contribution in [0.4, 0.5) is 4.39 Å². The molecule has 0 saturated heterocycles. The first-order chi connectivity index (χ1) is 8.60. The minimum Gasteiger partial charge on any atom is -0.352 e. The lowest BCUT2D eigenvalue weighted by Gasteiger charge is -2.14. The zero-order valence-electron chi connectivity index (χ0n) is 10.2. The van der Waals surface area contributed by atoms with Crippen LogP contribution in [0.2, 0.25) is 5.02 Å². The molecule has 1 N–H and O–H groups in total. The number of halogens is 3. The Morgan fingerprint density at radius 2 is 2.22 bits per heavy atom. The van der Waals surface area contributed by atoms with Crippen LogP contribution in [0.3, 0.4) is 0 Å². The number of hydrogen-bond acceptors (Lipinski definition) is 1. The summed E-state index contributed by atoms with van der Waals surface area (Å²) in [4.78, 5) is 11.8. The van der Waals surface area contributed by atoms with E-state index in [0.29, 0.717) is 18.3 Å². The van der Waals surface area contributed by atoms with Gasteiger partial charge in [0.1, 0.15) is 5.82 Å². The van der Waals surface area contributed by atoms with E-state index in [0.717, 1.165) is 12.8 Å². The van der Waals surface area contributed by atoms with Crippen molar-refractivity contribution in [2.45, 2.75) is 19.8 Å². The van der Waals surface area contributed by atoms with E-state index >= 15 is 0 Å². The Kier molecular flexibility index (Phi) is 6.44. The minimum atomic E-state index is -0.586. The zero-order chi connectivity index (χ0) is 13.5. The van der Waals surface area contributed by atoms with Crippen molar-refractivity contribution in [2.75, 3.05) is 12.4 Å². The largest absolute Gasteiger partial charge is 0.352 e. The highest BCUT2D eigenvalue weighted by atomic mass is 35.5. The van der Waals surface area contributed by atoms with E-state index in [9.17, 15) is 9.18 Å². The average molecular weight is 292 g/mol. The minimum absolute atomic E-state index is 0.139. The van der Waals surface area contributed by atoms with Crippen molar-refractivity contribution in [1.82, 2.24) is 5.32 Å². The van der Waals surface area contributed by atoms with E-state index in [1.54, 1.807) is 0 Å². The van der Waals surface area contributed by atoms with Crippen molar-refractivity contribution in [1.29, 1.82) is 0 Å². The van der Waals surface area contributed by atoms with Gasteiger partial charge in [-0.15, -0.1) is 11.6 Å². The molecule has 0 aliphatic heterocycles. The molecule has 0 fully saturated rings. The SMILES string of the molecule is CCC(CCCl)CNC(=O)c1cccc(F)c1Cl. The van der Waals surface area contributed by atoms with Crippen molar-refractivity contribution in [3.05, 3.63) is 34.6 Å². The fourth-order valence-electron chi connectivity index (χ4n) is 1.62. The van der Waals surface area contributed by atoms with Gasteiger partial charge in [-0.05, 0) is 24.5 Å². The number of benzene rings is 1. The molecule has 1 aromatic carbocycles. The summed E-state index contributed by atoms with van der Waals surface area (Å²) < 4.78 is 13.2. The van der Waals surface area contributed by atoms with Crippen LogP contribution in [0.25, 0.3) is 0 Å². The fraction of sp³-hybridized carbons (Fsp3) is 0.462. The summed E-state index contributed by atoms with van der Waals surface area (Å²) in [5.41, 5.74) is 0.164. The summed E-state index contributed by atoms with van der Waals surface area (Å²) in [7, 11) is 0. The van der Waals surface area contributed by atoms with Crippen LogP contribution in [-0.4, -0.2) is 18.3 Å². The first-order valence-corrected chi connectivity index (χ1v) is 6.79. The van der Waals surface area contributed by atoms with Crippen LogP contribution in [0.1, 0.15) is 30.1 Å². The van der Waals surface area contributed by atoms with Gasteiger partial charge in [-0.2, -0.15) is 0 Å². The molecule has 100 valence electrons. The van der Waals surface area contributed by atoms with Gasteiger partial charge in [-0.1, -0.05) is 31.0 Å². The van der Waals surface area contributed by atoms with Crippen LogP contribution in [0, 0.1) is 11.7 Å². The Balaban J connectivity index is 2.62. The molecular formula is C13H16Cl2FNO. The molecule has 0 aromatic heterocycles. The first kappa shape index (κ1) is 15.3. The number of carbonyl (C=O) groups excluding carboxylic acids is 1. The number of carbonyl (C=O) groups is 1. The van der Waals surface area contributed by atoms with E-state index < -0.39 is 5.82 Å². The molecule has 2 nitrogen and oxygen atoms in total. The quantitative estimate of drug-likeness (QED) is 0.792. The molecule has 0 aliphatic rings. The Labute approximate surface area is 116 Å². The Hall–Kier alpha value is -0.800. The molecule has 1 amide bonds. The van der Waals surface area contributed by atoms with Gasteiger partial charge in [-0.25, -0.2) is 4.39 Å². The van der Waals surface area contributed by atoms with Crippen molar-refractivity contribution < 1.29 is 9.18 Å². The van der Waals surface area contributed by atoms with E-state index in [4.69, 9.17) is 23.2 Å². The molecule has 1 rings (SSSR count). The molecule has 0 saturated carbocycles. The van der Waals surface area contributed by atoms with E-state index in [1.807, 2.05) is 6.92 Å². The third kappa shape index (κ3) is 4.14. The van der Waals surface area contributed by atoms with Gasteiger partial charge in [0, 0.05) is 12.4 Å². The average Bonchev–Trinajstić information content (AvgIpc) is 2.37. The predicted octanol–water partition coefficient (Wildman–Crippen LogP) is 3.86. The number of nitrogens with one attached hydrogen (secondary N) is 1. The number of hydrogen-bond donors (Lipinski definition) is 1. The summed E-state index contributed by atoms with van der Waals surface area (Å²) in [6.45, 7) is 2.56. The van der Waals surface area contributed by atoms with Crippen LogP contribution < -0.4 is 5.32 Å². The maximum Gasteiger partial charge on any atom is 0.252 e. The Bertz CT molecular complexity index is 412. The fourth-order valence-corrected chi connectivity index (χ4v) is 2.14. The van der Waals surface area contributed by atoms with Crippen LogP contribution in [0.5, 0.6) is 0 Å². The molecule has 1 unspecified atom stereocenters. The van der Waals surface area contributed by atoms with Crippen LogP contribution in [0.15, 0.2) is 18.2 Å². The second kappa shape index (κ2) is 7.59. The van der Waals surface area contributed by atoms with E-state index in [-0.39, 0.29) is 16.5 Å². The topological polar surface area (TPSA) is 29.1 Å². The molecule has 5 heteroatoms. The first-order valence-electron chi connectivity index (χ1n) is 5.88. The van der Waals surface area contributed by atoms with Gasteiger partial charge >= 0.3 is 0 Å². The number of rotatable bonds is 6. The lowest BCUT2D eigenvalue weighted by Crippen LogP contribution is -2.29.